The smallest absolute Gasteiger partial charge is 0.410 e. The zero-order valence-electron chi connectivity index (χ0n) is 17.4. The van der Waals surface area contributed by atoms with Crippen LogP contribution in [0.3, 0.4) is 0 Å². The Morgan fingerprint density at radius 2 is 1.93 bits per heavy atom. The van der Waals surface area contributed by atoms with Crippen molar-refractivity contribution in [3.8, 4) is 0 Å². The Morgan fingerprint density at radius 3 is 2.59 bits per heavy atom. The highest BCUT2D eigenvalue weighted by Gasteiger charge is 2.32. The molecule has 0 aromatic heterocycles. The number of rotatable bonds is 5. The molecule has 0 radical (unpaired) electrons. The van der Waals surface area contributed by atoms with Crippen molar-refractivity contribution in [1.29, 1.82) is 0 Å². The summed E-state index contributed by atoms with van der Waals surface area (Å²) in [5, 5.41) is 0. The summed E-state index contributed by atoms with van der Waals surface area (Å²) < 4.78 is 24.2. The van der Waals surface area contributed by atoms with Gasteiger partial charge in [0.05, 0.1) is 5.92 Å². The van der Waals surface area contributed by atoms with Gasteiger partial charge in [0, 0.05) is 32.2 Å². The molecule has 1 heterocycles. The molecule has 0 spiro atoms. The topological polar surface area (TPSA) is 76.2 Å². The van der Waals surface area contributed by atoms with Crippen LogP contribution < -0.4 is 0 Å². The number of likely N-dealkylation sites (N-methyl/N-ethyl adjacent to an activating group) is 1. The second-order valence-electron chi connectivity index (χ2n) is 8.21. The zero-order chi connectivity index (χ0) is 21.6. The first-order chi connectivity index (χ1) is 13.6. The predicted octanol–water partition coefficient (Wildman–Crippen LogP) is 2.97. The van der Waals surface area contributed by atoms with Crippen LogP contribution in [0.1, 0.15) is 39.2 Å². The molecule has 2 rings (SSSR count). The molecule has 1 aliphatic heterocycles. The fraction of sp³-hybridized carbons (Fsp3) is 0.571. The van der Waals surface area contributed by atoms with Crippen LogP contribution in [0.5, 0.6) is 0 Å². The third-order valence-corrected chi connectivity index (χ3v) is 4.54. The van der Waals surface area contributed by atoms with Gasteiger partial charge in [0.15, 0.2) is 6.61 Å². The Labute approximate surface area is 170 Å². The molecular weight excluding hydrogens is 379 g/mol. The molecule has 7 nitrogen and oxygen atoms in total. The summed E-state index contributed by atoms with van der Waals surface area (Å²) in [5.74, 6) is -1.85. The number of ether oxygens (including phenoxy) is 2. The number of halogens is 1. The number of piperidine rings is 1. The fourth-order valence-corrected chi connectivity index (χ4v) is 2.99. The number of esters is 1. The van der Waals surface area contributed by atoms with E-state index in [2.05, 4.69) is 0 Å². The van der Waals surface area contributed by atoms with E-state index in [-0.39, 0.29) is 13.1 Å². The number of carbonyl (C=O) groups excluding carboxylic acids is 3. The first-order valence-corrected chi connectivity index (χ1v) is 9.69. The van der Waals surface area contributed by atoms with Gasteiger partial charge in [-0.1, -0.05) is 18.2 Å². The van der Waals surface area contributed by atoms with Crippen LogP contribution >= 0.6 is 0 Å². The van der Waals surface area contributed by atoms with Gasteiger partial charge < -0.3 is 19.3 Å². The van der Waals surface area contributed by atoms with Crippen LogP contribution in [0.25, 0.3) is 0 Å². The quantitative estimate of drug-likeness (QED) is 0.700. The molecule has 0 N–H and O–H groups in total. The lowest BCUT2D eigenvalue weighted by molar-refractivity contribution is -0.156. The monoisotopic (exact) mass is 408 g/mol. The second kappa shape index (κ2) is 9.71. The zero-order valence-corrected chi connectivity index (χ0v) is 17.4. The maximum Gasteiger partial charge on any atom is 0.410 e. The van der Waals surface area contributed by atoms with Gasteiger partial charge >= 0.3 is 12.1 Å². The van der Waals surface area contributed by atoms with Gasteiger partial charge in [0.2, 0.25) is 0 Å². The number of benzene rings is 1. The van der Waals surface area contributed by atoms with Crippen LogP contribution in [0, 0.1) is 11.7 Å². The molecular formula is C21H29FN2O5. The number of carbonyl (C=O) groups is 3. The molecule has 1 fully saturated rings. The SMILES string of the molecule is CN(Cc1ccccc1F)C(=O)COC(=O)C1CCCN(C(=O)OC(C)(C)C)C1. The third-order valence-electron chi connectivity index (χ3n) is 4.54. The average molecular weight is 408 g/mol. The summed E-state index contributed by atoms with van der Waals surface area (Å²) in [5.41, 5.74) is -0.227. The van der Waals surface area contributed by atoms with E-state index in [1.165, 1.54) is 22.9 Å². The molecule has 1 aromatic carbocycles. The molecule has 1 atom stereocenters. The minimum atomic E-state index is -0.611. The molecule has 1 saturated heterocycles. The molecule has 0 saturated carbocycles. The van der Waals surface area contributed by atoms with E-state index >= 15 is 0 Å². The van der Waals surface area contributed by atoms with Crippen molar-refractivity contribution >= 4 is 18.0 Å². The molecule has 29 heavy (non-hydrogen) atoms. The number of likely N-dealkylation sites (tertiary alicyclic amines) is 1. The van der Waals surface area contributed by atoms with Gasteiger partial charge in [0.25, 0.3) is 5.91 Å². The van der Waals surface area contributed by atoms with Crippen molar-refractivity contribution in [3.63, 3.8) is 0 Å². The van der Waals surface area contributed by atoms with E-state index in [1.54, 1.807) is 39.0 Å². The van der Waals surface area contributed by atoms with Gasteiger partial charge in [0.1, 0.15) is 11.4 Å². The summed E-state index contributed by atoms with van der Waals surface area (Å²) >= 11 is 0. The Bertz CT molecular complexity index is 747. The molecule has 1 aromatic rings. The number of hydrogen-bond acceptors (Lipinski definition) is 5. The lowest BCUT2D eigenvalue weighted by Gasteiger charge is -2.33. The molecule has 0 bridgehead atoms. The number of hydrogen-bond donors (Lipinski definition) is 0. The van der Waals surface area contributed by atoms with Gasteiger partial charge in [-0.05, 0) is 39.7 Å². The van der Waals surface area contributed by atoms with Gasteiger partial charge in [-0.25, -0.2) is 9.18 Å². The van der Waals surface area contributed by atoms with Crippen molar-refractivity contribution in [2.75, 3.05) is 26.7 Å². The van der Waals surface area contributed by atoms with Crippen molar-refractivity contribution < 1.29 is 28.2 Å². The minimum Gasteiger partial charge on any atom is -0.455 e. The van der Waals surface area contributed by atoms with Crippen molar-refractivity contribution in [3.05, 3.63) is 35.6 Å². The normalized spacial score (nSPS) is 16.9. The molecule has 1 unspecified atom stereocenters. The van der Waals surface area contributed by atoms with E-state index < -0.39 is 41.9 Å². The van der Waals surface area contributed by atoms with E-state index in [1.807, 2.05) is 0 Å². The highest BCUT2D eigenvalue weighted by atomic mass is 19.1. The number of amides is 2. The van der Waals surface area contributed by atoms with Crippen molar-refractivity contribution in [2.45, 2.75) is 45.8 Å². The minimum absolute atomic E-state index is 0.0822. The Morgan fingerprint density at radius 1 is 1.24 bits per heavy atom. The second-order valence-corrected chi connectivity index (χ2v) is 8.21. The van der Waals surface area contributed by atoms with Crippen LogP contribution in [-0.2, 0) is 25.6 Å². The molecule has 160 valence electrons. The highest BCUT2D eigenvalue weighted by molar-refractivity contribution is 5.81. The fourth-order valence-electron chi connectivity index (χ4n) is 2.99. The van der Waals surface area contributed by atoms with Crippen LogP contribution in [0.4, 0.5) is 9.18 Å². The van der Waals surface area contributed by atoms with E-state index in [4.69, 9.17) is 9.47 Å². The molecule has 2 amide bonds. The van der Waals surface area contributed by atoms with Gasteiger partial charge in [-0.3, -0.25) is 9.59 Å². The molecule has 8 heteroatoms. The lowest BCUT2D eigenvalue weighted by atomic mass is 9.98. The van der Waals surface area contributed by atoms with Crippen LogP contribution in [-0.4, -0.2) is 60.1 Å². The molecule has 0 aliphatic carbocycles. The number of nitrogens with zero attached hydrogens (tertiary/aromatic N) is 2. The van der Waals surface area contributed by atoms with Gasteiger partial charge in [-0.2, -0.15) is 0 Å². The Kier molecular flexibility index (Phi) is 7.59. The first kappa shape index (κ1) is 22.6. The lowest BCUT2D eigenvalue weighted by Crippen LogP contribution is -2.45. The van der Waals surface area contributed by atoms with E-state index in [9.17, 15) is 18.8 Å². The summed E-state index contributed by atoms with van der Waals surface area (Å²) in [4.78, 5) is 39.6. The maximum absolute atomic E-state index is 13.7. The highest BCUT2D eigenvalue weighted by Crippen LogP contribution is 2.20. The van der Waals surface area contributed by atoms with E-state index in [0.717, 1.165) is 0 Å². The maximum atomic E-state index is 13.7. The van der Waals surface area contributed by atoms with Crippen molar-refractivity contribution in [1.82, 2.24) is 9.80 Å². The summed E-state index contributed by atoms with van der Waals surface area (Å²) in [6.07, 6.45) is 0.771. The Balaban J connectivity index is 1.82. The summed E-state index contributed by atoms with van der Waals surface area (Å²) in [6, 6.07) is 6.19. The Hall–Kier alpha value is -2.64. The third kappa shape index (κ3) is 7.03. The standard InChI is InChI=1S/C21H29FN2O5/c1-21(2,3)29-20(27)24-11-7-9-16(13-24)19(26)28-14-18(25)23(4)12-15-8-5-6-10-17(15)22/h5-6,8,10,16H,7,9,11-14H2,1-4H3. The average Bonchev–Trinajstić information content (AvgIpc) is 2.66. The van der Waals surface area contributed by atoms with Crippen LogP contribution in [0.2, 0.25) is 0 Å². The van der Waals surface area contributed by atoms with Crippen LogP contribution in [0.15, 0.2) is 24.3 Å². The predicted molar refractivity (Wildman–Crippen MR) is 104 cm³/mol. The first-order valence-electron chi connectivity index (χ1n) is 9.69. The van der Waals surface area contributed by atoms with Crippen molar-refractivity contribution in [2.24, 2.45) is 5.92 Å². The van der Waals surface area contributed by atoms with Gasteiger partial charge in [-0.15, -0.1) is 0 Å². The largest absolute Gasteiger partial charge is 0.455 e. The van der Waals surface area contributed by atoms with E-state index in [0.29, 0.717) is 24.9 Å². The summed E-state index contributed by atoms with van der Waals surface area (Å²) in [7, 11) is 1.52. The molecule has 1 aliphatic rings. The summed E-state index contributed by atoms with van der Waals surface area (Å²) in [6.45, 7) is 5.72.